The molecule has 180 valence electrons. The summed E-state index contributed by atoms with van der Waals surface area (Å²) in [5, 5.41) is 0. The van der Waals surface area contributed by atoms with Crippen molar-refractivity contribution in [2.24, 2.45) is 0 Å². The first-order chi connectivity index (χ1) is 17.1. The number of benzene rings is 3. The van der Waals surface area contributed by atoms with E-state index in [2.05, 4.69) is 0 Å². The van der Waals surface area contributed by atoms with E-state index in [4.69, 9.17) is 31.2 Å². The summed E-state index contributed by atoms with van der Waals surface area (Å²) >= 11 is 6.74. The van der Waals surface area contributed by atoms with Crippen LogP contribution in [0.25, 0.3) is 6.08 Å². The van der Waals surface area contributed by atoms with E-state index < -0.39 is 0 Å². The predicted molar refractivity (Wildman–Crippen MR) is 144 cm³/mol. The maximum absolute atomic E-state index is 13.0. The molecule has 3 aromatic rings. The van der Waals surface area contributed by atoms with Crippen LogP contribution < -0.4 is 23.8 Å². The number of carbonyl (C=O) groups excluding carboxylic acids is 1. The first-order valence-electron chi connectivity index (χ1n) is 11.1. The summed E-state index contributed by atoms with van der Waals surface area (Å²) in [5.74, 6) is 2.59. The fraction of sp³-hybridized carbons (Fsp3) is 0.185. The van der Waals surface area contributed by atoms with Crippen LogP contribution >= 0.6 is 24.0 Å². The van der Waals surface area contributed by atoms with Gasteiger partial charge in [0.1, 0.15) is 24.7 Å². The second-order valence-electron chi connectivity index (χ2n) is 7.36. The molecule has 1 aliphatic heterocycles. The lowest BCUT2D eigenvalue weighted by atomic mass is 10.1. The molecule has 1 heterocycles. The van der Waals surface area contributed by atoms with Crippen molar-refractivity contribution < 1.29 is 23.7 Å². The Balaban J connectivity index is 1.41. The number of amides is 1. The van der Waals surface area contributed by atoms with Gasteiger partial charge < -0.3 is 18.9 Å². The standard InChI is InChI=1S/C27H25NO5S2/c1-3-31-24-17-19(18-25-26(29)28(27(34)35-25)20-7-5-4-6-8-20)9-14-23(24)33-16-15-32-22-12-10-21(30-2)11-13-22/h4-14,17-18H,3,15-16H2,1-2H3. The molecule has 0 saturated carbocycles. The van der Waals surface area contributed by atoms with E-state index in [1.165, 1.54) is 11.8 Å². The lowest BCUT2D eigenvalue weighted by molar-refractivity contribution is -0.113. The Kier molecular flexibility index (Phi) is 8.28. The molecule has 0 bridgehead atoms. The fourth-order valence-electron chi connectivity index (χ4n) is 3.40. The Labute approximate surface area is 214 Å². The molecular weight excluding hydrogens is 482 g/mol. The number of para-hydroxylation sites is 1. The van der Waals surface area contributed by atoms with E-state index in [0.29, 0.717) is 40.5 Å². The van der Waals surface area contributed by atoms with Gasteiger partial charge in [-0.25, -0.2) is 0 Å². The second-order valence-corrected chi connectivity index (χ2v) is 9.04. The van der Waals surface area contributed by atoms with Crippen molar-refractivity contribution in [3.05, 3.63) is 83.3 Å². The molecule has 1 aliphatic rings. The number of rotatable bonds is 10. The first-order valence-corrected chi connectivity index (χ1v) is 12.3. The van der Waals surface area contributed by atoms with E-state index >= 15 is 0 Å². The summed E-state index contributed by atoms with van der Waals surface area (Å²) in [5.41, 5.74) is 1.58. The third kappa shape index (κ3) is 6.15. The van der Waals surface area contributed by atoms with E-state index in [0.717, 1.165) is 22.7 Å². The highest BCUT2D eigenvalue weighted by molar-refractivity contribution is 8.27. The van der Waals surface area contributed by atoms with E-state index in [-0.39, 0.29) is 5.91 Å². The van der Waals surface area contributed by atoms with Gasteiger partial charge in [0.05, 0.1) is 24.3 Å². The summed E-state index contributed by atoms with van der Waals surface area (Å²) in [4.78, 5) is 15.1. The number of ether oxygens (including phenoxy) is 4. The van der Waals surface area contributed by atoms with E-state index in [1.807, 2.05) is 85.8 Å². The SMILES string of the molecule is CCOc1cc(C=C2SC(=S)N(c3ccccc3)C2=O)ccc1OCCOc1ccc(OC)cc1. The van der Waals surface area contributed by atoms with Crippen molar-refractivity contribution in [3.63, 3.8) is 0 Å². The summed E-state index contributed by atoms with van der Waals surface area (Å²) in [6.45, 7) is 3.12. The Morgan fingerprint density at radius 3 is 2.31 bits per heavy atom. The monoisotopic (exact) mass is 507 g/mol. The molecule has 0 aromatic heterocycles. The van der Waals surface area contributed by atoms with Gasteiger partial charge in [0, 0.05) is 0 Å². The molecule has 0 spiro atoms. The summed E-state index contributed by atoms with van der Waals surface area (Å²) in [6, 6.07) is 22.4. The van der Waals surface area contributed by atoms with Gasteiger partial charge in [-0.15, -0.1) is 0 Å². The highest BCUT2D eigenvalue weighted by Gasteiger charge is 2.33. The molecule has 35 heavy (non-hydrogen) atoms. The van der Waals surface area contributed by atoms with Crippen molar-refractivity contribution in [1.82, 2.24) is 0 Å². The zero-order chi connectivity index (χ0) is 24.6. The van der Waals surface area contributed by atoms with Crippen molar-refractivity contribution >= 4 is 46.0 Å². The molecule has 6 nitrogen and oxygen atoms in total. The Morgan fingerprint density at radius 1 is 0.886 bits per heavy atom. The maximum atomic E-state index is 13.0. The van der Waals surface area contributed by atoms with Gasteiger partial charge >= 0.3 is 0 Å². The molecule has 0 aliphatic carbocycles. The number of carbonyl (C=O) groups is 1. The number of anilines is 1. The normalized spacial score (nSPS) is 14.3. The van der Waals surface area contributed by atoms with Gasteiger partial charge in [-0.05, 0) is 67.1 Å². The number of hydrogen-bond acceptors (Lipinski definition) is 7. The van der Waals surface area contributed by atoms with Crippen LogP contribution in [0.15, 0.2) is 77.7 Å². The van der Waals surface area contributed by atoms with Gasteiger partial charge in [0.25, 0.3) is 5.91 Å². The Hall–Kier alpha value is -3.49. The van der Waals surface area contributed by atoms with Crippen LogP contribution in [0.4, 0.5) is 5.69 Å². The third-order valence-electron chi connectivity index (χ3n) is 5.04. The molecular formula is C27H25NO5S2. The first kappa shape index (κ1) is 24.6. The minimum absolute atomic E-state index is 0.139. The summed E-state index contributed by atoms with van der Waals surface area (Å²) in [7, 11) is 1.63. The van der Waals surface area contributed by atoms with Crippen LogP contribution in [-0.4, -0.2) is 37.2 Å². The average Bonchev–Trinajstić information content (AvgIpc) is 3.16. The lowest BCUT2D eigenvalue weighted by Crippen LogP contribution is -2.27. The number of nitrogens with zero attached hydrogens (tertiary/aromatic N) is 1. The zero-order valence-electron chi connectivity index (χ0n) is 19.4. The highest BCUT2D eigenvalue weighted by Crippen LogP contribution is 2.37. The van der Waals surface area contributed by atoms with Gasteiger partial charge in [0.2, 0.25) is 0 Å². The molecule has 1 saturated heterocycles. The van der Waals surface area contributed by atoms with Crippen molar-refractivity contribution in [2.45, 2.75) is 6.92 Å². The number of hydrogen-bond donors (Lipinski definition) is 0. The maximum Gasteiger partial charge on any atom is 0.270 e. The number of thioether (sulfide) groups is 1. The van der Waals surface area contributed by atoms with E-state index in [9.17, 15) is 4.79 Å². The molecule has 4 rings (SSSR count). The lowest BCUT2D eigenvalue weighted by Gasteiger charge is -2.14. The van der Waals surface area contributed by atoms with E-state index in [1.54, 1.807) is 12.0 Å². The van der Waals surface area contributed by atoms with Crippen molar-refractivity contribution in [1.29, 1.82) is 0 Å². The molecule has 0 unspecified atom stereocenters. The van der Waals surface area contributed by atoms with Crippen LogP contribution in [0.5, 0.6) is 23.0 Å². The molecule has 8 heteroatoms. The minimum Gasteiger partial charge on any atom is -0.497 e. The largest absolute Gasteiger partial charge is 0.497 e. The van der Waals surface area contributed by atoms with Crippen molar-refractivity contribution in [3.8, 4) is 23.0 Å². The smallest absolute Gasteiger partial charge is 0.270 e. The second kappa shape index (κ2) is 11.8. The zero-order valence-corrected chi connectivity index (χ0v) is 21.1. The fourth-order valence-corrected chi connectivity index (χ4v) is 4.70. The summed E-state index contributed by atoms with van der Waals surface area (Å²) < 4.78 is 23.1. The quantitative estimate of drug-likeness (QED) is 0.191. The molecule has 0 radical (unpaired) electrons. The number of thiocarbonyl (C=S) groups is 1. The van der Waals surface area contributed by atoms with Crippen LogP contribution in [0, 0.1) is 0 Å². The predicted octanol–water partition coefficient (Wildman–Crippen LogP) is 5.96. The molecule has 1 fully saturated rings. The van der Waals surface area contributed by atoms with Crippen LogP contribution in [0.1, 0.15) is 12.5 Å². The molecule has 0 N–H and O–H groups in total. The topological polar surface area (TPSA) is 57.2 Å². The average molecular weight is 508 g/mol. The van der Waals surface area contributed by atoms with Gasteiger partial charge in [0.15, 0.2) is 15.8 Å². The molecule has 0 atom stereocenters. The number of methoxy groups -OCH3 is 1. The van der Waals surface area contributed by atoms with Gasteiger partial charge in [-0.2, -0.15) is 0 Å². The van der Waals surface area contributed by atoms with Crippen LogP contribution in [0.3, 0.4) is 0 Å². The highest BCUT2D eigenvalue weighted by atomic mass is 32.2. The summed E-state index contributed by atoms with van der Waals surface area (Å²) in [6.07, 6.45) is 1.82. The van der Waals surface area contributed by atoms with Crippen LogP contribution in [0.2, 0.25) is 0 Å². The van der Waals surface area contributed by atoms with Crippen LogP contribution in [-0.2, 0) is 4.79 Å². The Bertz CT molecular complexity index is 1210. The Morgan fingerprint density at radius 2 is 1.60 bits per heavy atom. The molecule has 3 aromatic carbocycles. The van der Waals surface area contributed by atoms with Gasteiger partial charge in [-0.3, -0.25) is 9.69 Å². The van der Waals surface area contributed by atoms with Gasteiger partial charge in [-0.1, -0.05) is 48.2 Å². The minimum atomic E-state index is -0.139. The molecule has 1 amide bonds. The third-order valence-corrected chi connectivity index (χ3v) is 6.34. The van der Waals surface area contributed by atoms with Crippen molar-refractivity contribution in [2.75, 3.05) is 31.8 Å².